The van der Waals surface area contributed by atoms with Gasteiger partial charge in [-0.15, -0.1) is 0 Å². The number of hydrogen-bond donors (Lipinski definition) is 2. The van der Waals surface area contributed by atoms with Crippen molar-refractivity contribution in [3.8, 4) is 0 Å². The van der Waals surface area contributed by atoms with Crippen molar-refractivity contribution < 1.29 is 13.2 Å². The Bertz CT molecular complexity index is 844. The van der Waals surface area contributed by atoms with Crippen molar-refractivity contribution in [2.45, 2.75) is 23.5 Å². The first-order valence-electron chi connectivity index (χ1n) is 8.90. The van der Waals surface area contributed by atoms with Gasteiger partial charge in [0, 0.05) is 12.1 Å². The Balaban J connectivity index is 1.64. The van der Waals surface area contributed by atoms with Gasteiger partial charge in [-0.1, -0.05) is 36.4 Å². The van der Waals surface area contributed by atoms with Crippen LogP contribution in [0.15, 0.2) is 59.5 Å². The van der Waals surface area contributed by atoms with E-state index in [1.807, 2.05) is 18.2 Å². The zero-order valence-corrected chi connectivity index (χ0v) is 15.5. The van der Waals surface area contributed by atoms with Crippen molar-refractivity contribution in [2.24, 2.45) is 5.92 Å². The molecule has 1 amide bonds. The molecule has 0 bridgehead atoms. The highest BCUT2D eigenvalue weighted by atomic mass is 32.2. The van der Waals surface area contributed by atoms with E-state index in [0.717, 1.165) is 31.5 Å². The van der Waals surface area contributed by atoms with E-state index in [1.54, 1.807) is 30.3 Å². The second kappa shape index (κ2) is 8.47. The maximum absolute atomic E-state index is 12.6. The van der Waals surface area contributed by atoms with E-state index in [0.29, 0.717) is 18.0 Å². The number of sulfone groups is 1. The summed E-state index contributed by atoms with van der Waals surface area (Å²) >= 11 is 0. The second-order valence-electron chi connectivity index (χ2n) is 6.68. The highest BCUT2D eigenvalue weighted by Crippen LogP contribution is 2.18. The van der Waals surface area contributed by atoms with E-state index >= 15 is 0 Å². The van der Waals surface area contributed by atoms with Crippen LogP contribution in [0.5, 0.6) is 0 Å². The summed E-state index contributed by atoms with van der Waals surface area (Å²) in [6.45, 7) is 2.65. The molecule has 1 fully saturated rings. The Hall–Kier alpha value is -2.18. The standard InChI is InChI=1S/C20H24N2O3S/c23-20(22-12-10-16-9-11-21-14-16)18-7-4-8-19(13-18)26(24,25)15-17-5-2-1-3-6-17/h1-8,13,16,21H,9-12,14-15H2,(H,22,23). The lowest BCUT2D eigenvalue weighted by atomic mass is 10.1. The molecule has 6 heteroatoms. The molecular formula is C20H24N2O3S. The first-order valence-corrected chi connectivity index (χ1v) is 10.6. The predicted octanol–water partition coefficient (Wildman–Crippen LogP) is 2.39. The Kier molecular flexibility index (Phi) is 6.06. The zero-order valence-electron chi connectivity index (χ0n) is 14.6. The lowest BCUT2D eigenvalue weighted by Gasteiger charge is -2.10. The van der Waals surface area contributed by atoms with Gasteiger partial charge >= 0.3 is 0 Å². The van der Waals surface area contributed by atoms with E-state index in [2.05, 4.69) is 10.6 Å². The minimum atomic E-state index is -3.49. The summed E-state index contributed by atoms with van der Waals surface area (Å²) in [5.41, 5.74) is 1.11. The van der Waals surface area contributed by atoms with Crippen LogP contribution in [0.1, 0.15) is 28.8 Å². The first-order chi connectivity index (χ1) is 12.5. The van der Waals surface area contributed by atoms with Crippen LogP contribution in [-0.4, -0.2) is 34.0 Å². The molecule has 1 aliphatic rings. The van der Waals surface area contributed by atoms with Crippen molar-refractivity contribution in [3.05, 3.63) is 65.7 Å². The molecule has 1 atom stereocenters. The summed E-state index contributed by atoms with van der Waals surface area (Å²) in [5.74, 6) is 0.300. The number of amides is 1. The van der Waals surface area contributed by atoms with E-state index in [1.165, 1.54) is 6.07 Å². The van der Waals surface area contributed by atoms with Crippen LogP contribution in [0.25, 0.3) is 0 Å². The lowest BCUT2D eigenvalue weighted by molar-refractivity contribution is 0.0951. The van der Waals surface area contributed by atoms with Gasteiger partial charge in [-0.05, 0) is 55.6 Å². The third kappa shape index (κ3) is 4.93. The van der Waals surface area contributed by atoms with Crippen LogP contribution in [0, 0.1) is 5.92 Å². The van der Waals surface area contributed by atoms with Gasteiger partial charge in [-0.2, -0.15) is 0 Å². The first kappa shape index (κ1) is 18.6. The number of rotatable bonds is 7. The quantitative estimate of drug-likeness (QED) is 0.783. The molecule has 0 saturated carbocycles. The van der Waals surface area contributed by atoms with Gasteiger partial charge in [0.05, 0.1) is 10.6 Å². The Morgan fingerprint density at radius 3 is 2.65 bits per heavy atom. The Morgan fingerprint density at radius 1 is 1.12 bits per heavy atom. The van der Waals surface area contributed by atoms with Crippen LogP contribution in [0.4, 0.5) is 0 Å². The molecule has 0 aliphatic carbocycles. The molecule has 2 aromatic rings. The van der Waals surface area contributed by atoms with E-state index in [4.69, 9.17) is 0 Å². The molecule has 5 nitrogen and oxygen atoms in total. The van der Waals surface area contributed by atoms with Gasteiger partial charge in [0.1, 0.15) is 0 Å². The molecule has 0 aromatic heterocycles. The number of carbonyl (C=O) groups is 1. The number of carbonyl (C=O) groups excluding carboxylic acids is 1. The number of hydrogen-bond acceptors (Lipinski definition) is 4. The molecule has 1 saturated heterocycles. The highest BCUT2D eigenvalue weighted by Gasteiger charge is 2.18. The highest BCUT2D eigenvalue weighted by molar-refractivity contribution is 7.90. The maximum atomic E-state index is 12.6. The minimum absolute atomic E-state index is 0.0758. The summed E-state index contributed by atoms with van der Waals surface area (Å²) in [5, 5.41) is 6.20. The van der Waals surface area contributed by atoms with Crippen LogP contribution in [-0.2, 0) is 15.6 Å². The van der Waals surface area contributed by atoms with E-state index in [9.17, 15) is 13.2 Å². The second-order valence-corrected chi connectivity index (χ2v) is 8.67. The fourth-order valence-corrected chi connectivity index (χ4v) is 4.55. The summed E-state index contributed by atoms with van der Waals surface area (Å²) in [4.78, 5) is 12.5. The summed E-state index contributed by atoms with van der Waals surface area (Å²) in [6, 6.07) is 15.3. The molecule has 0 spiro atoms. The zero-order chi connectivity index (χ0) is 18.4. The Morgan fingerprint density at radius 2 is 1.92 bits per heavy atom. The third-order valence-electron chi connectivity index (χ3n) is 4.66. The monoisotopic (exact) mass is 372 g/mol. The van der Waals surface area contributed by atoms with E-state index < -0.39 is 9.84 Å². The molecule has 1 unspecified atom stereocenters. The van der Waals surface area contributed by atoms with Crippen LogP contribution in [0.2, 0.25) is 0 Å². The van der Waals surface area contributed by atoms with Gasteiger partial charge < -0.3 is 10.6 Å². The van der Waals surface area contributed by atoms with Crippen molar-refractivity contribution in [3.63, 3.8) is 0 Å². The molecule has 2 N–H and O–H groups in total. The summed E-state index contributed by atoms with van der Waals surface area (Å²) < 4.78 is 25.3. The molecule has 26 heavy (non-hydrogen) atoms. The molecule has 1 aliphatic heterocycles. The fraction of sp³-hybridized carbons (Fsp3) is 0.350. The topological polar surface area (TPSA) is 75.3 Å². The molecule has 138 valence electrons. The predicted molar refractivity (Wildman–Crippen MR) is 102 cm³/mol. The largest absolute Gasteiger partial charge is 0.352 e. The van der Waals surface area contributed by atoms with Crippen molar-refractivity contribution in [1.29, 1.82) is 0 Å². The van der Waals surface area contributed by atoms with Gasteiger partial charge in [-0.3, -0.25) is 4.79 Å². The summed E-state index contributed by atoms with van der Waals surface area (Å²) in [6.07, 6.45) is 2.08. The van der Waals surface area contributed by atoms with Crippen molar-refractivity contribution in [2.75, 3.05) is 19.6 Å². The molecular weight excluding hydrogens is 348 g/mol. The molecule has 3 rings (SSSR count). The van der Waals surface area contributed by atoms with Gasteiger partial charge in [0.25, 0.3) is 5.91 Å². The minimum Gasteiger partial charge on any atom is -0.352 e. The van der Waals surface area contributed by atoms with E-state index in [-0.39, 0.29) is 16.6 Å². The van der Waals surface area contributed by atoms with Gasteiger partial charge in [0.15, 0.2) is 9.84 Å². The van der Waals surface area contributed by atoms with Crippen LogP contribution in [0.3, 0.4) is 0 Å². The van der Waals surface area contributed by atoms with Gasteiger partial charge in [-0.25, -0.2) is 8.42 Å². The SMILES string of the molecule is O=C(NCCC1CCNC1)c1cccc(S(=O)(=O)Cc2ccccc2)c1. The van der Waals surface area contributed by atoms with Crippen LogP contribution < -0.4 is 10.6 Å². The van der Waals surface area contributed by atoms with Crippen molar-refractivity contribution in [1.82, 2.24) is 10.6 Å². The average molecular weight is 372 g/mol. The van der Waals surface area contributed by atoms with Gasteiger partial charge in [0.2, 0.25) is 0 Å². The van der Waals surface area contributed by atoms with Crippen molar-refractivity contribution >= 4 is 15.7 Å². The third-order valence-corrected chi connectivity index (χ3v) is 6.34. The normalized spacial score (nSPS) is 17.2. The number of nitrogens with one attached hydrogen (secondary N) is 2. The van der Waals surface area contributed by atoms with Crippen LogP contribution >= 0.6 is 0 Å². The average Bonchev–Trinajstić information content (AvgIpc) is 3.16. The summed E-state index contributed by atoms with van der Waals surface area (Å²) in [7, 11) is -3.49. The number of benzene rings is 2. The maximum Gasteiger partial charge on any atom is 0.251 e. The molecule has 2 aromatic carbocycles. The molecule has 1 heterocycles. The lowest BCUT2D eigenvalue weighted by Crippen LogP contribution is -2.26. The smallest absolute Gasteiger partial charge is 0.251 e. The fourth-order valence-electron chi connectivity index (χ4n) is 3.16. The molecule has 0 radical (unpaired) electrons. The Labute approximate surface area is 154 Å².